The van der Waals surface area contributed by atoms with E-state index in [0.717, 1.165) is 0 Å². The van der Waals surface area contributed by atoms with E-state index < -0.39 is 116 Å². The van der Waals surface area contributed by atoms with Gasteiger partial charge in [0.05, 0.1) is 61.4 Å². The molecule has 3 aliphatic heterocycles. The lowest BCUT2D eigenvalue weighted by molar-refractivity contribution is -0.302. The molecule has 2 fully saturated rings. The third-order valence-electron chi connectivity index (χ3n) is 12.5. The van der Waals surface area contributed by atoms with Gasteiger partial charge in [-0.2, -0.15) is 0 Å². The van der Waals surface area contributed by atoms with Gasteiger partial charge >= 0.3 is 11.9 Å². The summed E-state index contributed by atoms with van der Waals surface area (Å²) in [4.78, 5) is 25.1. The fraction of sp³-hybridized carbons (Fsp3) is 0.667. The average molecular weight is 906 g/mol. The van der Waals surface area contributed by atoms with E-state index in [9.17, 15) is 55.5 Å². The Kier molecular flexibility index (Phi) is 23.5. The summed E-state index contributed by atoms with van der Waals surface area (Å²) in [5, 5.41) is 97.1. The van der Waals surface area contributed by atoms with Gasteiger partial charge in [-0.1, -0.05) is 106 Å². The third-order valence-corrected chi connectivity index (χ3v) is 12.5. The van der Waals surface area contributed by atoms with Crippen LogP contribution in [0.4, 0.5) is 0 Å². The largest absolute Gasteiger partial charge is 0.481 e. The number of carbonyl (C=O) groups is 2. The number of aliphatic hydroxyl groups excluding tert-OH is 7. The summed E-state index contributed by atoms with van der Waals surface area (Å²) in [7, 11) is 0. The van der Waals surface area contributed by atoms with Gasteiger partial charge in [0.2, 0.25) is 0 Å². The number of cyclic esters (lactones) is 1. The first-order valence-electron chi connectivity index (χ1n) is 22.6. The first-order valence-corrected chi connectivity index (χ1v) is 22.6. The smallest absolute Gasteiger partial charge is 0.311 e. The molecule has 16 nitrogen and oxygen atoms in total. The van der Waals surface area contributed by atoms with Crippen LogP contribution in [0, 0.1) is 23.7 Å². The number of aliphatic carboxylic acids is 1. The van der Waals surface area contributed by atoms with Gasteiger partial charge in [0, 0.05) is 37.1 Å². The van der Waals surface area contributed by atoms with Crippen molar-refractivity contribution in [2.75, 3.05) is 0 Å². The molecule has 0 aliphatic carbocycles. The first-order chi connectivity index (χ1) is 30.2. The van der Waals surface area contributed by atoms with Crippen molar-refractivity contribution in [2.45, 2.75) is 178 Å². The van der Waals surface area contributed by atoms with E-state index in [1.54, 1.807) is 51.2 Å². The van der Waals surface area contributed by atoms with Crippen LogP contribution < -0.4 is 5.73 Å². The average Bonchev–Trinajstić information content (AvgIpc) is 3.22. The van der Waals surface area contributed by atoms with Gasteiger partial charge in [-0.25, -0.2) is 0 Å². The van der Waals surface area contributed by atoms with Crippen LogP contribution in [0.5, 0.6) is 0 Å². The lowest BCUT2D eigenvalue weighted by Gasteiger charge is -2.45. The van der Waals surface area contributed by atoms with Crippen LogP contribution in [-0.4, -0.2) is 143 Å². The van der Waals surface area contributed by atoms with E-state index >= 15 is 0 Å². The topological polar surface area (TPSA) is 279 Å². The van der Waals surface area contributed by atoms with Crippen LogP contribution in [0.15, 0.2) is 85.1 Å². The molecule has 3 aliphatic rings. The predicted molar refractivity (Wildman–Crippen MR) is 239 cm³/mol. The van der Waals surface area contributed by atoms with Crippen LogP contribution in [0.2, 0.25) is 0 Å². The summed E-state index contributed by atoms with van der Waals surface area (Å²) < 4.78 is 23.7. The van der Waals surface area contributed by atoms with Crippen LogP contribution in [-0.2, 0) is 28.5 Å². The van der Waals surface area contributed by atoms with Crippen LogP contribution in [0.1, 0.15) is 92.4 Å². The lowest BCUT2D eigenvalue weighted by atomic mass is 9.83. The molecule has 64 heavy (non-hydrogen) atoms. The fourth-order valence-corrected chi connectivity index (χ4v) is 8.04. The number of rotatable bonds is 3. The summed E-state index contributed by atoms with van der Waals surface area (Å²) in [6.07, 6.45) is 10.7. The summed E-state index contributed by atoms with van der Waals surface area (Å²) in [5.41, 5.74) is 6.28. The molecule has 0 aromatic rings. The molecule has 16 heteroatoms. The quantitative estimate of drug-likeness (QED) is 0.182. The zero-order chi connectivity index (χ0) is 47.6. The maximum absolute atomic E-state index is 12.6. The minimum atomic E-state index is -2.01. The van der Waals surface area contributed by atoms with Crippen LogP contribution >= 0.6 is 0 Å². The minimum absolute atomic E-state index is 0.00757. The molecule has 0 amide bonds. The monoisotopic (exact) mass is 906 g/mol. The van der Waals surface area contributed by atoms with Crippen molar-refractivity contribution >= 4 is 11.9 Å². The molecular formula is C48H75NO15. The van der Waals surface area contributed by atoms with Gasteiger partial charge < -0.3 is 70.6 Å². The highest BCUT2D eigenvalue weighted by atomic mass is 16.7. The predicted octanol–water partition coefficient (Wildman–Crippen LogP) is 3.02. The van der Waals surface area contributed by atoms with Gasteiger partial charge in [0.1, 0.15) is 18.1 Å². The van der Waals surface area contributed by atoms with Crippen molar-refractivity contribution in [1.82, 2.24) is 0 Å². The molecule has 3 heterocycles. The van der Waals surface area contributed by atoms with E-state index in [1.807, 2.05) is 68.5 Å². The van der Waals surface area contributed by atoms with Gasteiger partial charge in [-0.3, -0.25) is 9.59 Å². The van der Waals surface area contributed by atoms with Crippen LogP contribution in [0.25, 0.3) is 0 Å². The highest BCUT2D eigenvalue weighted by molar-refractivity contribution is 5.71. The Bertz CT molecular complexity index is 1630. The number of carboxylic acids is 1. The maximum Gasteiger partial charge on any atom is 0.311 e. The second-order valence-corrected chi connectivity index (χ2v) is 17.7. The molecule has 18 atom stereocenters. The Morgan fingerprint density at radius 1 is 0.703 bits per heavy atom. The van der Waals surface area contributed by atoms with Crippen molar-refractivity contribution in [3.8, 4) is 0 Å². The van der Waals surface area contributed by atoms with E-state index in [2.05, 4.69) is 0 Å². The number of esters is 1. The van der Waals surface area contributed by atoms with E-state index in [0.29, 0.717) is 0 Å². The molecule has 3 rings (SSSR count). The minimum Gasteiger partial charge on any atom is -0.481 e. The molecule has 0 radical (unpaired) electrons. The Hall–Kier alpha value is -3.36. The second kappa shape index (κ2) is 27.3. The molecule has 362 valence electrons. The standard InChI is InChI=1S/C48H75NO15/c1-29-19-16-14-12-10-8-6-7-9-11-13-15-17-20-36(63-47-45(57)43(49)30(2)32(4)62-47)27-40-42(46(58)59)39(54)28-48(60,64-40)24-18-21-37(52)38(53)23-22-34(50)25-35(51)26-41(55)61-33(5)31(3)44(29)56/h6-17,19-20,29-40,42-45,47,50-54,56-57,60H,18,21-28,49H2,1-5H3,(H,58,59)/b7-6+,10-8+,11-9+,14-12+,15-13+,19-16+,20-17+/t29-,30?,31-,32?,33-,34+,35+,36-,37+,38+,39-,40?,42+,43?,44+,45?,47?,48+/m0/s1. The molecule has 0 aromatic carbocycles. The normalized spacial score (nSPS) is 44.8. The van der Waals surface area contributed by atoms with Crippen molar-refractivity contribution in [1.29, 1.82) is 0 Å². The van der Waals surface area contributed by atoms with Crippen molar-refractivity contribution < 1.29 is 74.5 Å². The van der Waals surface area contributed by atoms with Crippen molar-refractivity contribution in [3.05, 3.63) is 85.1 Å². The number of hydrogen-bond acceptors (Lipinski definition) is 15. The lowest BCUT2D eigenvalue weighted by Crippen LogP contribution is -2.58. The second-order valence-electron chi connectivity index (χ2n) is 17.7. The maximum atomic E-state index is 12.6. The number of nitrogens with two attached hydrogens (primary N) is 1. The number of hydrogen-bond donors (Lipinski definition) is 10. The summed E-state index contributed by atoms with van der Waals surface area (Å²) in [6.45, 7) is 8.93. The number of aliphatic hydroxyl groups is 8. The zero-order valence-electron chi connectivity index (χ0n) is 37.8. The molecule has 2 saturated heterocycles. The molecule has 0 saturated carbocycles. The molecule has 6 unspecified atom stereocenters. The molecule has 0 aromatic heterocycles. The third kappa shape index (κ3) is 18.1. The highest BCUT2D eigenvalue weighted by Crippen LogP contribution is 2.38. The van der Waals surface area contributed by atoms with E-state index in [1.165, 1.54) is 0 Å². The first kappa shape index (κ1) is 55.0. The SMILES string of the molecule is CC1OC(O[C@H]2/C=C/C=C/C=C/C=C/C=C/C=C/C=C/[C@H](C)[C@@H](O)[C@@H](C)[C@H](C)OC(=O)C[C@H](O)C[C@H](O)CC[C@@H](O)[C@H](O)CCC[C@]3(O)C[C@H](O)[C@@H](C(=O)O)C(C2)O3)C(O)C(N)C1C. The van der Waals surface area contributed by atoms with E-state index in [-0.39, 0.29) is 62.9 Å². The Labute approximate surface area is 377 Å². The molecule has 11 N–H and O–H groups in total. The molecule has 2 bridgehead atoms. The number of fused-ring (bicyclic) bond motifs is 2. The fourth-order valence-electron chi connectivity index (χ4n) is 8.04. The van der Waals surface area contributed by atoms with Gasteiger partial charge in [-0.15, -0.1) is 0 Å². The van der Waals surface area contributed by atoms with Gasteiger partial charge in [-0.05, 0) is 51.9 Å². The Balaban J connectivity index is 1.83. The molecular weight excluding hydrogens is 831 g/mol. The molecule has 0 spiro atoms. The number of carbonyl (C=O) groups excluding carboxylic acids is 1. The summed E-state index contributed by atoms with van der Waals surface area (Å²) in [6, 6.07) is -0.673. The van der Waals surface area contributed by atoms with Crippen molar-refractivity contribution in [2.24, 2.45) is 29.4 Å². The Morgan fingerprint density at radius 2 is 1.27 bits per heavy atom. The number of carboxylic acid groups (broad SMARTS) is 1. The van der Waals surface area contributed by atoms with Crippen LogP contribution in [0.3, 0.4) is 0 Å². The zero-order valence-corrected chi connectivity index (χ0v) is 37.8. The van der Waals surface area contributed by atoms with Gasteiger partial charge in [0.15, 0.2) is 12.1 Å². The number of allylic oxidation sites excluding steroid dienone is 12. The Morgan fingerprint density at radius 3 is 1.86 bits per heavy atom. The van der Waals surface area contributed by atoms with E-state index in [4.69, 9.17) is 24.7 Å². The highest BCUT2D eigenvalue weighted by Gasteiger charge is 2.50. The summed E-state index contributed by atoms with van der Waals surface area (Å²) in [5.74, 6) is -6.39. The summed E-state index contributed by atoms with van der Waals surface area (Å²) >= 11 is 0. The van der Waals surface area contributed by atoms with Gasteiger partial charge in [0.25, 0.3) is 0 Å². The van der Waals surface area contributed by atoms with Crippen molar-refractivity contribution in [3.63, 3.8) is 0 Å². The number of ether oxygens (including phenoxy) is 4.